The highest BCUT2D eigenvalue weighted by molar-refractivity contribution is 6.53. The molecule has 2 aromatic rings. The van der Waals surface area contributed by atoms with Crippen molar-refractivity contribution in [2.24, 2.45) is 0 Å². The molecule has 0 aromatic heterocycles. The molecule has 4 rings (SSSR count). The number of amides is 4. The Kier molecular flexibility index (Phi) is 23.4. The molecule has 0 N–H and O–H groups in total. The summed E-state index contributed by atoms with van der Waals surface area (Å²) < 4.78 is 30.1. The molecule has 59 heavy (non-hydrogen) atoms. The Hall–Kier alpha value is -3.94. The van der Waals surface area contributed by atoms with E-state index in [1.54, 1.807) is 24.2 Å². The molecule has 4 amide bonds. The molecule has 2 aliphatic rings. The van der Waals surface area contributed by atoms with Crippen molar-refractivity contribution in [3.8, 4) is 5.75 Å². The number of alkyl halides is 3. The molecule has 1 heterocycles. The summed E-state index contributed by atoms with van der Waals surface area (Å²) in [6.45, 7) is 14.2. The fraction of sp³-hybridized carbons (Fsp3) is 0.465. The maximum Gasteiger partial charge on any atom is 0.344 e. The van der Waals surface area contributed by atoms with Crippen LogP contribution in [0.1, 0.15) is 76.8 Å². The van der Waals surface area contributed by atoms with E-state index in [9.17, 15) is 28.4 Å². The van der Waals surface area contributed by atoms with Gasteiger partial charge in [0.15, 0.2) is 11.4 Å². The Balaban J connectivity index is 0.000000341. The maximum atomic E-state index is 14.5. The van der Waals surface area contributed by atoms with E-state index in [1.165, 1.54) is 11.0 Å². The summed E-state index contributed by atoms with van der Waals surface area (Å²) >= 11 is 22.5. The summed E-state index contributed by atoms with van der Waals surface area (Å²) in [4.78, 5) is 63.2. The van der Waals surface area contributed by atoms with Crippen LogP contribution in [0.15, 0.2) is 66.8 Å². The number of ether oxygens (including phenoxy) is 3. The monoisotopic (exact) mass is 899 g/mol. The van der Waals surface area contributed by atoms with Crippen LogP contribution >= 0.6 is 46.4 Å². The molecule has 0 unspecified atom stereocenters. The van der Waals surface area contributed by atoms with E-state index in [0.717, 1.165) is 72.7 Å². The summed E-state index contributed by atoms with van der Waals surface area (Å²) in [5.74, 6) is -2.89. The average Bonchev–Trinajstić information content (AvgIpc) is 3.49. The van der Waals surface area contributed by atoms with Crippen LogP contribution in [0.3, 0.4) is 0 Å². The Morgan fingerprint density at radius 2 is 1.53 bits per heavy atom. The molecule has 11 nitrogen and oxygen atoms in total. The Bertz CT molecular complexity index is 1760. The second-order valence-electron chi connectivity index (χ2n) is 13.2. The first-order valence-electron chi connectivity index (χ1n) is 19.4. The standard InChI is InChI=1S/C21H23ClFNO5.C14H20ClNO2.C8H11Cl2NO/c1-2-3-6-9-28-19(25)12-29-18-11-17(16(23)10-15(18)22)24-20(26)13-7-4-5-8-14(13)21(24)27;1-4-11-7-6-8-12(5-2)14(11)16(10-18-3)13(17)9-15;1-3-5-11(6-4-2)8(12)7(9)10/h10-11H,2-9,12H2,1H3;6-8H,4-5,9-10H2,1-3H3;3-4,7H,1-2,5-6H2. The maximum absolute atomic E-state index is 14.5. The van der Waals surface area contributed by atoms with E-state index < -0.39 is 35.0 Å². The lowest BCUT2D eigenvalue weighted by molar-refractivity contribution is -0.146. The van der Waals surface area contributed by atoms with E-state index in [-0.39, 0.29) is 40.9 Å². The van der Waals surface area contributed by atoms with Gasteiger partial charge in [-0.2, -0.15) is 0 Å². The van der Waals surface area contributed by atoms with Gasteiger partial charge in [-0.25, -0.2) is 14.1 Å². The molecule has 0 radical (unpaired) electrons. The quantitative estimate of drug-likeness (QED) is 0.0342. The van der Waals surface area contributed by atoms with Gasteiger partial charge >= 0.3 is 5.97 Å². The van der Waals surface area contributed by atoms with Crippen LogP contribution < -0.4 is 14.5 Å². The molecule has 0 bridgehead atoms. The minimum atomic E-state index is -1.01. The van der Waals surface area contributed by atoms with Crippen LogP contribution in [-0.4, -0.2) is 85.4 Å². The first-order chi connectivity index (χ1) is 28.3. The molecular formula is C43H54Cl4FN3O8. The van der Waals surface area contributed by atoms with Gasteiger partial charge in [0.25, 0.3) is 17.7 Å². The molecule has 324 valence electrons. The number of carbonyl (C=O) groups excluding carboxylic acids is 5. The van der Waals surface area contributed by atoms with Gasteiger partial charge in [-0.15, -0.1) is 24.8 Å². The number of esters is 1. The molecule has 0 fully saturated rings. The van der Waals surface area contributed by atoms with Gasteiger partial charge in [-0.05, 0) is 62.1 Å². The Labute approximate surface area is 367 Å². The predicted octanol–water partition coefficient (Wildman–Crippen LogP) is 9.31. The highest BCUT2D eigenvalue weighted by Gasteiger charge is 2.41. The van der Waals surface area contributed by atoms with Crippen molar-refractivity contribution in [2.45, 2.75) is 83.4 Å². The minimum Gasteiger partial charge on any atom is -0.480 e. The van der Waals surface area contributed by atoms with Crippen LogP contribution in [0.4, 0.5) is 15.8 Å². The fourth-order valence-corrected chi connectivity index (χ4v) is 6.83. The molecule has 0 saturated carbocycles. The van der Waals surface area contributed by atoms with E-state index in [1.807, 2.05) is 25.1 Å². The van der Waals surface area contributed by atoms with Crippen LogP contribution in [0.5, 0.6) is 5.75 Å². The summed E-state index contributed by atoms with van der Waals surface area (Å²) in [5.41, 5.74) is 3.91. The summed E-state index contributed by atoms with van der Waals surface area (Å²) in [5, 5.41) is -0.0677. The first-order valence-corrected chi connectivity index (χ1v) is 21.2. The fourth-order valence-electron chi connectivity index (χ4n) is 6.20. The summed E-state index contributed by atoms with van der Waals surface area (Å²) in [7, 11) is 1.58. The zero-order chi connectivity index (χ0) is 44.1. The van der Waals surface area contributed by atoms with Crippen molar-refractivity contribution in [3.05, 3.63) is 88.8 Å². The number of unbranched alkanes of at least 4 members (excludes halogenated alkanes) is 2. The van der Waals surface area contributed by atoms with Crippen molar-refractivity contribution >= 4 is 87.4 Å². The smallest absolute Gasteiger partial charge is 0.344 e. The number of anilines is 2. The Morgan fingerprint density at radius 3 is 2.00 bits per heavy atom. The molecular weight excluding hydrogens is 847 g/mol. The van der Waals surface area contributed by atoms with Gasteiger partial charge in [0, 0.05) is 37.4 Å². The van der Waals surface area contributed by atoms with Gasteiger partial charge in [0.2, 0.25) is 5.91 Å². The summed E-state index contributed by atoms with van der Waals surface area (Å²) in [6, 6.07) is 8.25. The van der Waals surface area contributed by atoms with E-state index in [4.69, 9.17) is 60.6 Å². The number of hydrogen-bond donors (Lipinski definition) is 0. The number of rotatable bonds is 19. The van der Waals surface area contributed by atoms with Crippen molar-refractivity contribution in [3.63, 3.8) is 0 Å². The number of halogens is 5. The topological polar surface area (TPSA) is 123 Å². The zero-order valence-electron chi connectivity index (χ0n) is 34.1. The third-order valence-electron chi connectivity index (χ3n) is 9.09. The number of benzene rings is 2. The largest absolute Gasteiger partial charge is 0.480 e. The highest BCUT2D eigenvalue weighted by atomic mass is 35.5. The highest BCUT2D eigenvalue weighted by Crippen LogP contribution is 2.39. The molecule has 1 aliphatic heterocycles. The molecule has 1 aliphatic carbocycles. The molecule has 16 heteroatoms. The van der Waals surface area contributed by atoms with Crippen LogP contribution in [0, 0.1) is 5.82 Å². The average molecular weight is 902 g/mol. The van der Waals surface area contributed by atoms with Crippen molar-refractivity contribution in [1.82, 2.24) is 4.90 Å². The Morgan fingerprint density at radius 1 is 0.949 bits per heavy atom. The number of aryl methyl sites for hydroxylation is 2. The predicted molar refractivity (Wildman–Crippen MR) is 233 cm³/mol. The van der Waals surface area contributed by atoms with Gasteiger partial charge < -0.3 is 19.1 Å². The third kappa shape index (κ3) is 14.9. The second-order valence-corrected chi connectivity index (χ2v) is 15.0. The molecule has 0 atom stereocenters. The van der Waals surface area contributed by atoms with Crippen molar-refractivity contribution in [1.29, 1.82) is 0 Å². The van der Waals surface area contributed by atoms with Crippen LogP contribution in [-0.2, 0) is 46.3 Å². The van der Waals surface area contributed by atoms with E-state index >= 15 is 0 Å². The second kappa shape index (κ2) is 27.0. The van der Waals surface area contributed by atoms with Crippen LogP contribution in [0.25, 0.3) is 0 Å². The third-order valence-corrected chi connectivity index (χ3v) is 9.99. The molecule has 2 aromatic carbocycles. The van der Waals surface area contributed by atoms with Gasteiger partial charge in [0.05, 0.1) is 23.0 Å². The van der Waals surface area contributed by atoms with Crippen LogP contribution in [0.2, 0.25) is 5.02 Å². The number of methoxy groups -OCH3 is 1. The number of imide groups is 1. The number of nitrogens with zero attached hydrogens (tertiary/aromatic N) is 3. The minimum absolute atomic E-state index is 0.000883. The number of hydrogen-bond acceptors (Lipinski definition) is 8. The zero-order valence-corrected chi connectivity index (χ0v) is 37.2. The lowest BCUT2D eigenvalue weighted by Gasteiger charge is -2.26. The lowest BCUT2D eigenvalue weighted by Crippen LogP contribution is -2.35. The SMILES string of the molecule is C=CCN(CC=C)C(=O)C(Cl)Cl.CCCCCOC(=O)COc1cc(N2C(=O)C3=C(CCCC3)C2=O)c(F)cc1Cl.CCc1cccc(CC)c1N(COC)C(=O)CCl. The van der Waals surface area contributed by atoms with E-state index in [0.29, 0.717) is 43.7 Å². The van der Waals surface area contributed by atoms with Crippen molar-refractivity contribution in [2.75, 3.05) is 55.8 Å². The lowest BCUT2D eigenvalue weighted by atomic mass is 9.93. The van der Waals surface area contributed by atoms with Crippen molar-refractivity contribution < 1.29 is 42.6 Å². The van der Waals surface area contributed by atoms with E-state index in [2.05, 4.69) is 27.0 Å². The molecule has 0 spiro atoms. The van der Waals surface area contributed by atoms with Gasteiger partial charge in [-0.3, -0.25) is 24.1 Å². The number of para-hydroxylation sites is 1. The number of carbonyl (C=O) groups is 5. The molecule has 0 saturated heterocycles. The summed E-state index contributed by atoms with van der Waals surface area (Å²) in [6.07, 6.45) is 10.4. The first kappa shape index (κ1) is 51.2. The van der Waals surface area contributed by atoms with Gasteiger partial charge in [-0.1, -0.05) is 98.8 Å². The normalized spacial score (nSPS) is 13.2. The van der Waals surface area contributed by atoms with Gasteiger partial charge in [0.1, 0.15) is 24.2 Å².